The van der Waals surface area contributed by atoms with Gasteiger partial charge in [-0.05, 0) is 47.9 Å². The third-order valence-corrected chi connectivity index (χ3v) is 5.49. The van der Waals surface area contributed by atoms with E-state index in [4.69, 9.17) is 0 Å². The molecule has 6 nitrogen and oxygen atoms in total. The minimum atomic E-state index is -4.41. The van der Waals surface area contributed by atoms with Crippen LogP contribution in [0.25, 0.3) is 0 Å². The van der Waals surface area contributed by atoms with Crippen LogP contribution in [0.5, 0.6) is 0 Å². The van der Waals surface area contributed by atoms with E-state index >= 15 is 0 Å². The van der Waals surface area contributed by atoms with Gasteiger partial charge in [-0.25, -0.2) is 4.68 Å². The van der Waals surface area contributed by atoms with Gasteiger partial charge in [-0.3, -0.25) is 4.79 Å². The van der Waals surface area contributed by atoms with E-state index in [0.29, 0.717) is 10.7 Å². The van der Waals surface area contributed by atoms with E-state index in [-0.39, 0.29) is 17.7 Å². The fourth-order valence-corrected chi connectivity index (χ4v) is 3.90. The number of carbonyl (C=O) groups excluding carboxylic acids is 1. The van der Waals surface area contributed by atoms with Crippen LogP contribution >= 0.6 is 11.8 Å². The summed E-state index contributed by atoms with van der Waals surface area (Å²) in [7, 11) is 0. The van der Waals surface area contributed by atoms with Crippen LogP contribution in [0.1, 0.15) is 55.8 Å². The van der Waals surface area contributed by atoms with Crippen LogP contribution in [-0.4, -0.2) is 31.9 Å². The lowest BCUT2D eigenvalue weighted by molar-refractivity contribution is -0.137. The molecule has 1 fully saturated rings. The van der Waals surface area contributed by atoms with Gasteiger partial charge in [0.1, 0.15) is 0 Å². The minimum absolute atomic E-state index is 0.0936. The van der Waals surface area contributed by atoms with Gasteiger partial charge < -0.3 is 5.32 Å². The quantitative estimate of drug-likeness (QED) is 0.749. The monoisotopic (exact) mass is 399 g/mol. The number of amides is 1. The van der Waals surface area contributed by atoms with Crippen molar-refractivity contribution in [1.82, 2.24) is 25.5 Å². The molecule has 3 rings (SSSR count). The number of halogens is 3. The summed E-state index contributed by atoms with van der Waals surface area (Å²) in [5.74, 6) is -0.193. The molecular formula is C17H20F3N5OS. The van der Waals surface area contributed by atoms with Gasteiger partial charge in [0.05, 0.1) is 23.4 Å². The summed E-state index contributed by atoms with van der Waals surface area (Å²) in [4.78, 5) is 12.2. The standard InChI is InChI=1S/C17H20F3N5OS/c1-11(12-5-4-6-13(9-12)17(18,19)20)21-15(26)10-27-16-22-23-24-25(16)14-7-2-3-8-14/h4-6,9,11,14H,2-3,7-8,10H2,1H3,(H,21,26). The van der Waals surface area contributed by atoms with Gasteiger partial charge in [-0.15, -0.1) is 5.10 Å². The van der Waals surface area contributed by atoms with E-state index in [1.165, 1.54) is 17.8 Å². The minimum Gasteiger partial charge on any atom is -0.349 e. The Morgan fingerprint density at radius 1 is 1.37 bits per heavy atom. The summed E-state index contributed by atoms with van der Waals surface area (Å²) >= 11 is 1.23. The Morgan fingerprint density at radius 3 is 2.81 bits per heavy atom. The SMILES string of the molecule is CC(NC(=O)CSc1nnnn1C1CCCC1)c1cccc(C(F)(F)F)c1. The number of hydrogen-bond donors (Lipinski definition) is 1. The number of hydrogen-bond acceptors (Lipinski definition) is 5. The molecular weight excluding hydrogens is 379 g/mol. The van der Waals surface area contributed by atoms with Gasteiger partial charge in [0.2, 0.25) is 11.1 Å². The predicted molar refractivity (Wildman–Crippen MR) is 94.0 cm³/mol. The third-order valence-electron chi connectivity index (χ3n) is 4.56. The highest BCUT2D eigenvalue weighted by Gasteiger charge is 2.30. The first-order valence-electron chi connectivity index (χ1n) is 8.72. The van der Waals surface area contributed by atoms with Crippen molar-refractivity contribution in [2.24, 2.45) is 0 Å². The summed E-state index contributed by atoms with van der Waals surface area (Å²) in [5.41, 5.74) is -0.329. The summed E-state index contributed by atoms with van der Waals surface area (Å²) in [6, 6.07) is 4.70. The Labute approximate surface area is 158 Å². The molecule has 1 aliphatic rings. The van der Waals surface area contributed by atoms with Crippen molar-refractivity contribution in [3.05, 3.63) is 35.4 Å². The van der Waals surface area contributed by atoms with E-state index in [1.54, 1.807) is 17.7 Å². The Kier molecular flexibility index (Phi) is 6.03. The molecule has 1 amide bonds. The Morgan fingerprint density at radius 2 is 2.11 bits per heavy atom. The maximum Gasteiger partial charge on any atom is 0.416 e. The average Bonchev–Trinajstić information content (AvgIpc) is 3.30. The van der Waals surface area contributed by atoms with E-state index in [0.717, 1.165) is 37.8 Å². The fourth-order valence-electron chi connectivity index (χ4n) is 3.14. The van der Waals surface area contributed by atoms with Crippen molar-refractivity contribution in [1.29, 1.82) is 0 Å². The van der Waals surface area contributed by atoms with Crippen LogP contribution in [-0.2, 0) is 11.0 Å². The second-order valence-electron chi connectivity index (χ2n) is 6.55. The second kappa shape index (κ2) is 8.28. The lowest BCUT2D eigenvalue weighted by atomic mass is 10.0. The highest BCUT2D eigenvalue weighted by atomic mass is 32.2. The molecule has 1 aromatic heterocycles. The molecule has 1 unspecified atom stereocenters. The number of nitrogens with zero attached hydrogens (tertiary/aromatic N) is 4. The number of aromatic nitrogens is 4. The number of thioether (sulfide) groups is 1. The smallest absolute Gasteiger partial charge is 0.349 e. The lowest BCUT2D eigenvalue weighted by Crippen LogP contribution is -2.28. The first kappa shape index (κ1) is 19.7. The fraction of sp³-hybridized carbons (Fsp3) is 0.529. The molecule has 0 spiro atoms. The normalized spacial score (nSPS) is 16.4. The van der Waals surface area contributed by atoms with Crippen LogP contribution in [0.2, 0.25) is 0 Å². The molecule has 10 heteroatoms. The number of carbonyl (C=O) groups is 1. The number of rotatable bonds is 6. The van der Waals surface area contributed by atoms with Crippen LogP contribution < -0.4 is 5.32 Å². The van der Waals surface area contributed by atoms with Crippen molar-refractivity contribution in [3.63, 3.8) is 0 Å². The zero-order valence-corrected chi connectivity index (χ0v) is 15.6. The van der Waals surface area contributed by atoms with Gasteiger partial charge in [0.25, 0.3) is 0 Å². The number of nitrogens with one attached hydrogen (secondary N) is 1. The molecule has 146 valence electrons. The third kappa shape index (κ3) is 5.00. The molecule has 1 N–H and O–H groups in total. The summed E-state index contributed by atoms with van der Waals surface area (Å²) < 4.78 is 40.2. The lowest BCUT2D eigenvalue weighted by Gasteiger charge is -2.16. The van der Waals surface area contributed by atoms with Gasteiger partial charge >= 0.3 is 6.18 Å². The van der Waals surface area contributed by atoms with Crippen molar-refractivity contribution >= 4 is 17.7 Å². The predicted octanol–water partition coefficient (Wildman–Crippen LogP) is 3.78. The molecule has 0 bridgehead atoms. The molecule has 0 saturated heterocycles. The van der Waals surface area contributed by atoms with Crippen molar-refractivity contribution in [2.45, 2.75) is 56.0 Å². The first-order valence-corrected chi connectivity index (χ1v) is 9.70. The van der Waals surface area contributed by atoms with Crippen molar-refractivity contribution in [2.75, 3.05) is 5.75 Å². The largest absolute Gasteiger partial charge is 0.416 e. The molecule has 27 heavy (non-hydrogen) atoms. The molecule has 1 atom stereocenters. The van der Waals surface area contributed by atoms with Gasteiger partial charge in [0, 0.05) is 0 Å². The van der Waals surface area contributed by atoms with Gasteiger partial charge in [0.15, 0.2) is 0 Å². The van der Waals surface area contributed by atoms with Crippen LogP contribution in [0.15, 0.2) is 29.4 Å². The maximum absolute atomic E-state index is 12.8. The first-order chi connectivity index (χ1) is 12.8. The highest BCUT2D eigenvalue weighted by Crippen LogP contribution is 2.32. The molecule has 1 heterocycles. The Hall–Kier alpha value is -2.10. The van der Waals surface area contributed by atoms with Crippen LogP contribution in [0.4, 0.5) is 13.2 Å². The van der Waals surface area contributed by atoms with E-state index in [2.05, 4.69) is 20.8 Å². The van der Waals surface area contributed by atoms with E-state index in [1.807, 2.05) is 0 Å². The summed E-state index contributed by atoms with van der Waals surface area (Å²) in [6.45, 7) is 1.65. The van der Waals surface area contributed by atoms with Gasteiger partial charge in [-0.1, -0.05) is 36.7 Å². The Bertz CT molecular complexity index is 789. The molecule has 1 aromatic carbocycles. The van der Waals surface area contributed by atoms with Crippen LogP contribution in [0, 0.1) is 0 Å². The highest BCUT2D eigenvalue weighted by molar-refractivity contribution is 7.99. The zero-order valence-electron chi connectivity index (χ0n) is 14.7. The molecule has 1 saturated carbocycles. The number of alkyl halides is 3. The van der Waals surface area contributed by atoms with Gasteiger partial charge in [-0.2, -0.15) is 13.2 Å². The Balaban J connectivity index is 1.56. The maximum atomic E-state index is 12.8. The van der Waals surface area contributed by atoms with Crippen LogP contribution in [0.3, 0.4) is 0 Å². The van der Waals surface area contributed by atoms with E-state index < -0.39 is 17.8 Å². The summed E-state index contributed by atoms with van der Waals surface area (Å²) in [5, 5.41) is 15.0. The summed E-state index contributed by atoms with van der Waals surface area (Å²) in [6.07, 6.45) is -0.0745. The van der Waals surface area contributed by atoms with Crippen molar-refractivity contribution < 1.29 is 18.0 Å². The molecule has 2 aromatic rings. The topological polar surface area (TPSA) is 72.7 Å². The molecule has 0 radical (unpaired) electrons. The zero-order chi connectivity index (χ0) is 19.4. The average molecular weight is 399 g/mol. The number of benzene rings is 1. The number of tetrazole rings is 1. The molecule has 1 aliphatic carbocycles. The van der Waals surface area contributed by atoms with E-state index in [9.17, 15) is 18.0 Å². The van der Waals surface area contributed by atoms with Crippen molar-refractivity contribution in [3.8, 4) is 0 Å². The molecule has 0 aliphatic heterocycles. The second-order valence-corrected chi connectivity index (χ2v) is 7.49.